The largest absolute Gasteiger partial charge is 0.491 e. The van der Waals surface area contributed by atoms with Gasteiger partial charge in [0.05, 0.1) is 24.5 Å². The number of ether oxygens (including phenoxy) is 2. The molecule has 206 valence electrons. The molecule has 0 aliphatic carbocycles. The SMILES string of the molecule is CCCN1CCN(c2ccc(OCCOC)cc2)CC1.Cn1ncc2c1nc(N)n1nc(-c3ccco3)nc21. The number of nitrogens with two attached hydrogens (primary N) is 1. The van der Waals surface area contributed by atoms with Crippen molar-refractivity contribution in [3.63, 3.8) is 0 Å². The average molecular weight is 534 g/mol. The lowest BCUT2D eigenvalue weighted by Crippen LogP contribution is -2.46. The number of piperazine rings is 1. The molecule has 1 aromatic carbocycles. The number of anilines is 2. The Labute approximate surface area is 226 Å². The smallest absolute Gasteiger partial charge is 0.225 e. The first-order valence-corrected chi connectivity index (χ1v) is 13.1. The molecule has 1 saturated heterocycles. The molecule has 0 amide bonds. The molecule has 0 bridgehead atoms. The van der Waals surface area contributed by atoms with E-state index in [0.717, 1.165) is 24.2 Å². The van der Waals surface area contributed by atoms with Crippen molar-refractivity contribution in [3.8, 4) is 17.3 Å². The van der Waals surface area contributed by atoms with Crippen LogP contribution >= 0.6 is 0 Å². The number of benzene rings is 1. The first-order valence-electron chi connectivity index (χ1n) is 13.1. The zero-order chi connectivity index (χ0) is 27.2. The molecule has 1 fully saturated rings. The van der Waals surface area contributed by atoms with Crippen molar-refractivity contribution < 1.29 is 13.9 Å². The van der Waals surface area contributed by atoms with E-state index in [4.69, 9.17) is 19.6 Å². The lowest BCUT2D eigenvalue weighted by molar-refractivity contribution is 0.146. The maximum atomic E-state index is 5.89. The Kier molecular flexibility index (Phi) is 8.23. The third kappa shape index (κ3) is 5.96. The standard InChI is InChI=1S/C16H26N2O2.C11H9N7O/c1-3-8-17-9-11-18(12-10-17)15-4-6-16(7-5-15)20-14-13-19-2;1-17-9-6(5-13-17)10-14-8(7-3-2-4-19-7)16-18(10)11(12)15-9/h4-7H,3,8-14H2,1-2H3;2-5H,1H3,(H2,12,15). The maximum Gasteiger partial charge on any atom is 0.225 e. The van der Waals surface area contributed by atoms with Gasteiger partial charge < -0.3 is 24.5 Å². The maximum absolute atomic E-state index is 5.89. The van der Waals surface area contributed by atoms with Crippen molar-refractivity contribution in [2.75, 3.05) is 63.7 Å². The van der Waals surface area contributed by atoms with Crippen molar-refractivity contribution in [1.82, 2.24) is 34.3 Å². The lowest BCUT2D eigenvalue weighted by atomic mass is 10.2. The van der Waals surface area contributed by atoms with E-state index in [-0.39, 0.29) is 5.95 Å². The Morgan fingerprint density at radius 2 is 1.79 bits per heavy atom. The summed E-state index contributed by atoms with van der Waals surface area (Å²) < 4.78 is 19.0. The molecular weight excluding hydrogens is 498 g/mol. The number of furan rings is 1. The van der Waals surface area contributed by atoms with Crippen LogP contribution in [0.1, 0.15) is 13.3 Å². The summed E-state index contributed by atoms with van der Waals surface area (Å²) in [5.41, 5.74) is 8.47. The van der Waals surface area contributed by atoms with Gasteiger partial charge in [-0.05, 0) is 49.4 Å². The van der Waals surface area contributed by atoms with Gasteiger partial charge in [0.2, 0.25) is 11.8 Å². The predicted molar refractivity (Wildman–Crippen MR) is 150 cm³/mol. The summed E-state index contributed by atoms with van der Waals surface area (Å²) in [5, 5.41) is 9.25. The summed E-state index contributed by atoms with van der Waals surface area (Å²) in [4.78, 5) is 13.7. The van der Waals surface area contributed by atoms with Gasteiger partial charge in [-0.25, -0.2) is 4.98 Å². The minimum Gasteiger partial charge on any atom is -0.491 e. The fourth-order valence-electron chi connectivity index (χ4n) is 4.58. The summed E-state index contributed by atoms with van der Waals surface area (Å²) in [5.74, 6) is 2.22. The number of fused-ring (bicyclic) bond motifs is 3. The minimum atomic E-state index is 0.261. The molecule has 39 heavy (non-hydrogen) atoms. The molecule has 0 spiro atoms. The van der Waals surface area contributed by atoms with Crippen molar-refractivity contribution in [3.05, 3.63) is 48.9 Å². The molecule has 5 aromatic rings. The molecule has 0 atom stereocenters. The van der Waals surface area contributed by atoms with Crippen LogP contribution in [0.2, 0.25) is 0 Å². The quantitative estimate of drug-likeness (QED) is 0.297. The van der Waals surface area contributed by atoms with Crippen molar-refractivity contribution in [2.24, 2.45) is 7.05 Å². The molecule has 1 aliphatic heterocycles. The first kappa shape index (κ1) is 26.4. The van der Waals surface area contributed by atoms with Gasteiger partial charge in [-0.2, -0.15) is 14.6 Å². The number of hydrogen-bond acceptors (Lipinski definition) is 10. The highest BCUT2D eigenvalue weighted by Gasteiger charge is 2.17. The number of nitrogens with zero attached hydrogens (tertiary/aromatic N) is 8. The van der Waals surface area contributed by atoms with Gasteiger partial charge in [-0.1, -0.05) is 6.92 Å². The van der Waals surface area contributed by atoms with Crippen molar-refractivity contribution >= 4 is 28.3 Å². The Morgan fingerprint density at radius 1 is 1.00 bits per heavy atom. The van der Waals surface area contributed by atoms with Gasteiger partial charge in [0.15, 0.2) is 17.1 Å². The van der Waals surface area contributed by atoms with Crippen LogP contribution in [0.5, 0.6) is 5.75 Å². The second-order valence-corrected chi connectivity index (χ2v) is 9.29. The van der Waals surface area contributed by atoms with Crippen LogP contribution in [0.25, 0.3) is 28.3 Å². The summed E-state index contributed by atoms with van der Waals surface area (Å²) in [6, 6.07) is 12.0. The van der Waals surface area contributed by atoms with E-state index in [2.05, 4.69) is 49.0 Å². The normalized spacial score (nSPS) is 14.1. The van der Waals surface area contributed by atoms with Crippen LogP contribution in [0, 0.1) is 0 Å². The highest BCUT2D eigenvalue weighted by Crippen LogP contribution is 2.23. The highest BCUT2D eigenvalue weighted by atomic mass is 16.5. The van der Waals surface area contributed by atoms with Gasteiger partial charge in [0.25, 0.3) is 0 Å². The van der Waals surface area contributed by atoms with Crippen LogP contribution in [-0.2, 0) is 11.8 Å². The van der Waals surface area contributed by atoms with E-state index in [1.54, 1.807) is 43.4 Å². The number of rotatable bonds is 8. The third-order valence-electron chi connectivity index (χ3n) is 6.60. The summed E-state index contributed by atoms with van der Waals surface area (Å²) in [6.07, 6.45) is 4.51. The summed E-state index contributed by atoms with van der Waals surface area (Å²) in [7, 11) is 3.49. The van der Waals surface area contributed by atoms with Gasteiger partial charge in [0.1, 0.15) is 12.4 Å². The number of aromatic nitrogens is 6. The van der Waals surface area contributed by atoms with E-state index in [1.807, 2.05) is 12.1 Å². The Balaban J connectivity index is 0.000000158. The van der Waals surface area contributed by atoms with Gasteiger partial charge in [0, 0.05) is 46.0 Å². The molecule has 12 nitrogen and oxygen atoms in total. The molecule has 6 rings (SSSR count). The minimum absolute atomic E-state index is 0.261. The van der Waals surface area contributed by atoms with E-state index in [1.165, 1.54) is 36.3 Å². The van der Waals surface area contributed by atoms with Crippen LogP contribution in [-0.4, -0.2) is 87.3 Å². The molecule has 5 heterocycles. The predicted octanol–water partition coefficient (Wildman–Crippen LogP) is 3.10. The van der Waals surface area contributed by atoms with E-state index in [0.29, 0.717) is 36.1 Å². The Morgan fingerprint density at radius 3 is 2.49 bits per heavy atom. The molecule has 1 aliphatic rings. The van der Waals surface area contributed by atoms with Crippen LogP contribution in [0.15, 0.2) is 53.3 Å². The van der Waals surface area contributed by atoms with Crippen LogP contribution in [0.3, 0.4) is 0 Å². The van der Waals surface area contributed by atoms with Gasteiger partial charge in [-0.3, -0.25) is 9.58 Å². The molecule has 2 N–H and O–H groups in total. The van der Waals surface area contributed by atoms with Gasteiger partial charge in [-0.15, -0.1) is 5.10 Å². The monoisotopic (exact) mass is 533 g/mol. The fourth-order valence-corrected chi connectivity index (χ4v) is 4.58. The zero-order valence-electron chi connectivity index (χ0n) is 22.7. The fraction of sp³-hybridized carbons (Fsp3) is 0.407. The topological polar surface area (TPSA) is 125 Å². The Hall–Kier alpha value is -4.16. The van der Waals surface area contributed by atoms with E-state index in [9.17, 15) is 0 Å². The molecule has 0 unspecified atom stereocenters. The second-order valence-electron chi connectivity index (χ2n) is 9.29. The van der Waals surface area contributed by atoms with Gasteiger partial charge >= 0.3 is 0 Å². The molecular formula is C27H35N9O3. The molecule has 0 saturated carbocycles. The number of hydrogen-bond donors (Lipinski definition) is 1. The second kappa shape index (κ2) is 12.1. The van der Waals surface area contributed by atoms with Crippen LogP contribution < -0.4 is 15.4 Å². The van der Waals surface area contributed by atoms with Crippen molar-refractivity contribution in [2.45, 2.75) is 13.3 Å². The number of methoxy groups -OCH3 is 1. The molecule has 12 heteroatoms. The highest BCUT2D eigenvalue weighted by molar-refractivity contribution is 5.90. The first-order chi connectivity index (χ1) is 19.1. The Bertz CT molecular complexity index is 1470. The van der Waals surface area contributed by atoms with Crippen LogP contribution in [0.4, 0.5) is 11.6 Å². The van der Waals surface area contributed by atoms with E-state index >= 15 is 0 Å². The summed E-state index contributed by atoms with van der Waals surface area (Å²) in [6.45, 7) is 9.26. The summed E-state index contributed by atoms with van der Waals surface area (Å²) >= 11 is 0. The lowest BCUT2D eigenvalue weighted by Gasteiger charge is -2.36. The molecule has 4 aromatic heterocycles. The average Bonchev–Trinajstić information content (AvgIpc) is 3.71. The van der Waals surface area contributed by atoms with Crippen molar-refractivity contribution in [1.29, 1.82) is 0 Å². The third-order valence-corrected chi connectivity index (χ3v) is 6.60. The molecule has 0 radical (unpaired) electrons. The number of aryl methyl sites for hydroxylation is 1. The zero-order valence-corrected chi connectivity index (χ0v) is 22.7. The van der Waals surface area contributed by atoms with E-state index < -0.39 is 0 Å². The number of nitrogen functional groups attached to an aromatic ring is 1.